The van der Waals surface area contributed by atoms with Crippen LogP contribution in [0.2, 0.25) is 0 Å². The smallest absolute Gasteiger partial charge is 0.343 e. The van der Waals surface area contributed by atoms with Gasteiger partial charge in [0.2, 0.25) is 10.0 Å². The predicted octanol–water partition coefficient (Wildman–Crippen LogP) is 0.865. The first-order valence-corrected chi connectivity index (χ1v) is 9.34. The second-order valence-corrected chi connectivity index (χ2v) is 7.99. The molecule has 0 spiro atoms. The standard InChI is InChI=1S/C16H19NO7S/c1-23-15(18)9-24-11-3-5-12(6-4-11)25(21,22)17-10-2-7-14(17)13(8-10)16(19)20/h3-6,10,13-14H,2,7-9H2,1H3,(H,19,20). The molecule has 0 saturated carbocycles. The van der Waals surface area contributed by atoms with Crippen LogP contribution in [0, 0.1) is 5.92 Å². The van der Waals surface area contributed by atoms with E-state index in [4.69, 9.17) is 4.74 Å². The number of carboxylic acid groups (broad SMARTS) is 1. The second-order valence-electron chi connectivity index (χ2n) is 6.15. The molecule has 1 aromatic rings. The van der Waals surface area contributed by atoms with Gasteiger partial charge in [-0.05, 0) is 43.5 Å². The third kappa shape index (κ3) is 3.21. The lowest BCUT2D eigenvalue weighted by Crippen LogP contribution is -2.37. The van der Waals surface area contributed by atoms with Crippen LogP contribution in [0.1, 0.15) is 19.3 Å². The average molecular weight is 369 g/mol. The normalized spacial score (nSPS) is 25.7. The fraction of sp³-hybridized carbons (Fsp3) is 0.500. The fourth-order valence-corrected chi connectivity index (χ4v) is 5.53. The summed E-state index contributed by atoms with van der Waals surface area (Å²) in [6.45, 7) is -0.265. The van der Waals surface area contributed by atoms with Gasteiger partial charge in [0.1, 0.15) is 5.75 Å². The van der Waals surface area contributed by atoms with Gasteiger partial charge in [0.05, 0.1) is 17.9 Å². The van der Waals surface area contributed by atoms with E-state index < -0.39 is 33.9 Å². The molecule has 1 aromatic carbocycles. The number of carboxylic acids is 1. The molecule has 2 heterocycles. The molecular formula is C16H19NO7S. The van der Waals surface area contributed by atoms with Crippen LogP contribution in [0.4, 0.5) is 0 Å². The monoisotopic (exact) mass is 369 g/mol. The van der Waals surface area contributed by atoms with E-state index in [-0.39, 0.29) is 17.5 Å². The number of carbonyl (C=O) groups excluding carboxylic acids is 1. The van der Waals surface area contributed by atoms with E-state index in [0.717, 1.165) is 0 Å². The highest BCUT2D eigenvalue weighted by atomic mass is 32.2. The van der Waals surface area contributed by atoms with Crippen LogP contribution >= 0.6 is 0 Å². The molecule has 136 valence electrons. The van der Waals surface area contributed by atoms with Gasteiger partial charge >= 0.3 is 11.9 Å². The SMILES string of the molecule is COC(=O)COc1ccc(S(=O)(=O)N2C3CCC2C(C(=O)O)C3)cc1. The van der Waals surface area contributed by atoms with Crippen molar-refractivity contribution < 1.29 is 32.6 Å². The van der Waals surface area contributed by atoms with Crippen LogP contribution < -0.4 is 4.74 Å². The molecule has 2 saturated heterocycles. The van der Waals surface area contributed by atoms with Gasteiger partial charge in [-0.25, -0.2) is 13.2 Å². The number of hydrogen-bond donors (Lipinski definition) is 1. The number of carbonyl (C=O) groups is 2. The molecule has 0 aliphatic carbocycles. The Labute approximate surface area is 145 Å². The van der Waals surface area contributed by atoms with Crippen LogP contribution in [0.5, 0.6) is 5.75 Å². The Morgan fingerprint density at radius 1 is 1.24 bits per heavy atom. The first-order valence-electron chi connectivity index (χ1n) is 7.90. The molecule has 2 aliphatic rings. The third-order valence-electron chi connectivity index (χ3n) is 4.77. The van der Waals surface area contributed by atoms with E-state index in [1.807, 2.05) is 0 Å². The van der Waals surface area contributed by atoms with E-state index in [1.165, 1.54) is 35.7 Å². The van der Waals surface area contributed by atoms with Crippen LogP contribution in [0.15, 0.2) is 29.2 Å². The van der Waals surface area contributed by atoms with Crippen molar-refractivity contribution in [2.75, 3.05) is 13.7 Å². The van der Waals surface area contributed by atoms with Gasteiger partial charge in [0.25, 0.3) is 0 Å². The highest BCUT2D eigenvalue weighted by Crippen LogP contribution is 2.45. The van der Waals surface area contributed by atoms with Crippen molar-refractivity contribution in [3.63, 3.8) is 0 Å². The van der Waals surface area contributed by atoms with E-state index in [9.17, 15) is 23.1 Å². The molecule has 2 aliphatic heterocycles. The quantitative estimate of drug-likeness (QED) is 0.741. The lowest BCUT2D eigenvalue weighted by molar-refractivity contribution is -0.143. The minimum atomic E-state index is -3.77. The number of nitrogens with zero attached hydrogens (tertiary/aromatic N) is 1. The summed E-state index contributed by atoms with van der Waals surface area (Å²) in [7, 11) is -2.52. The summed E-state index contributed by atoms with van der Waals surface area (Å²) in [5.41, 5.74) is 0. The molecule has 0 aromatic heterocycles. The van der Waals surface area contributed by atoms with Crippen LogP contribution in [0.3, 0.4) is 0 Å². The average Bonchev–Trinajstić information content (AvgIpc) is 3.19. The lowest BCUT2D eigenvalue weighted by Gasteiger charge is -2.22. The van der Waals surface area contributed by atoms with E-state index >= 15 is 0 Å². The van der Waals surface area contributed by atoms with Crippen molar-refractivity contribution in [1.29, 1.82) is 0 Å². The van der Waals surface area contributed by atoms with Gasteiger partial charge in [-0.15, -0.1) is 0 Å². The number of esters is 1. The summed E-state index contributed by atoms with van der Waals surface area (Å²) in [6, 6.07) is 4.98. The maximum absolute atomic E-state index is 12.9. The topological polar surface area (TPSA) is 110 Å². The third-order valence-corrected chi connectivity index (χ3v) is 6.77. The number of aliphatic carboxylic acids is 1. The van der Waals surface area contributed by atoms with Crippen LogP contribution in [0.25, 0.3) is 0 Å². The molecular weight excluding hydrogens is 350 g/mol. The Balaban J connectivity index is 1.77. The number of benzene rings is 1. The fourth-order valence-electron chi connectivity index (χ4n) is 3.61. The maximum Gasteiger partial charge on any atom is 0.343 e. The number of methoxy groups -OCH3 is 1. The lowest BCUT2D eigenvalue weighted by atomic mass is 9.89. The number of ether oxygens (including phenoxy) is 2. The number of fused-ring (bicyclic) bond motifs is 2. The Morgan fingerprint density at radius 2 is 1.92 bits per heavy atom. The van der Waals surface area contributed by atoms with Crippen molar-refractivity contribution in [1.82, 2.24) is 4.31 Å². The summed E-state index contributed by atoms with van der Waals surface area (Å²) in [4.78, 5) is 22.5. The Hall–Kier alpha value is -2.13. The van der Waals surface area contributed by atoms with Gasteiger partial charge in [-0.3, -0.25) is 4.79 Å². The van der Waals surface area contributed by atoms with Crippen LogP contribution in [-0.4, -0.2) is 55.6 Å². The summed E-state index contributed by atoms with van der Waals surface area (Å²) in [5, 5.41) is 9.27. The minimum absolute atomic E-state index is 0.0841. The second kappa shape index (κ2) is 6.64. The zero-order valence-electron chi connectivity index (χ0n) is 13.6. The maximum atomic E-state index is 12.9. The van der Waals surface area contributed by atoms with E-state index in [0.29, 0.717) is 25.0 Å². The zero-order valence-corrected chi connectivity index (χ0v) is 14.4. The molecule has 8 nitrogen and oxygen atoms in total. The van der Waals surface area contributed by atoms with Crippen molar-refractivity contribution in [3.8, 4) is 5.75 Å². The minimum Gasteiger partial charge on any atom is -0.482 e. The van der Waals surface area contributed by atoms with Crippen LogP contribution in [-0.2, 0) is 24.3 Å². The highest BCUT2D eigenvalue weighted by molar-refractivity contribution is 7.89. The molecule has 3 unspecified atom stereocenters. The van der Waals surface area contributed by atoms with Gasteiger partial charge in [-0.2, -0.15) is 4.31 Å². The Morgan fingerprint density at radius 3 is 2.48 bits per heavy atom. The number of rotatable bonds is 6. The first-order chi connectivity index (χ1) is 11.8. The molecule has 25 heavy (non-hydrogen) atoms. The Bertz CT molecular complexity index is 774. The molecule has 1 N–H and O–H groups in total. The zero-order chi connectivity index (χ0) is 18.2. The summed E-state index contributed by atoms with van der Waals surface area (Å²) >= 11 is 0. The van der Waals surface area contributed by atoms with E-state index in [2.05, 4.69) is 4.74 Å². The summed E-state index contributed by atoms with van der Waals surface area (Å²) < 4.78 is 36.8. The number of sulfonamides is 1. The predicted molar refractivity (Wildman–Crippen MR) is 85.5 cm³/mol. The number of hydrogen-bond acceptors (Lipinski definition) is 6. The van der Waals surface area contributed by atoms with Crippen molar-refractivity contribution in [3.05, 3.63) is 24.3 Å². The summed E-state index contributed by atoms with van der Waals surface area (Å²) in [5.74, 6) is -1.78. The Kier molecular flexibility index (Phi) is 4.70. The molecule has 2 bridgehead atoms. The van der Waals surface area contributed by atoms with Gasteiger partial charge in [-0.1, -0.05) is 0 Å². The highest BCUT2D eigenvalue weighted by Gasteiger charge is 2.54. The molecule has 3 rings (SSSR count). The first kappa shape index (κ1) is 17.7. The summed E-state index contributed by atoms with van der Waals surface area (Å²) in [6.07, 6.45) is 1.62. The van der Waals surface area contributed by atoms with Gasteiger partial charge in [0.15, 0.2) is 6.61 Å². The molecule has 9 heteroatoms. The molecule has 0 amide bonds. The van der Waals surface area contributed by atoms with Crippen molar-refractivity contribution in [2.24, 2.45) is 5.92 Å². The molecule has 0 radical (unpaired) electrons. The molecule has 3 atom stereocenters. The molecule has 2 fully saturated rings. The largest absolute Gasteiger partial charge is 0.482 e. The van der Waals surface area contributed by atoms with Gasteiger partial charge in [0, 0.05) is 12.1 Å². The van der Waals surface area contributed by atoms with Gasteiger partial charge < -0.3 is 14.6 Å². The van der Waals surface area contributed by atoms with Crippen molar-refractivity contribution >= 4 is 22.0 Å². The van der Waals surface area contributed by atoms with E-state index in [1.54, 1.807) is 0 Å². The van der Waals surface area contributed by atoms with Crippen molar-refractivity contribution in [2.45, 2.75) is 36.2 Å².